The lowest BCUT2D eigenvalue weighted by Crippen LogP contribution is -2.38. The summed E-state index contributed by atoms with van der Waals surface area (Å²) in [6.45, 7) is 4.64. The Balaban J connectivity index is 2.94. The Morgan fingerprint density at radius 1 is 1.44 bits per heavy atom. The summed E-state index contributed by atoms with van der Waals surface area (Å²) in [7, 11) is 0. The van der Waals surface area contributed by atoms with E-state index in [4.69, 9.17) is 0 Å². The van der Waals surface area contributed by atoms with Crippen molar-refractivity contribution < 1.29 is 9.18 Å². The molecule has 5 heteroatoms. The maximum absolute atomic E-state index is 13.0. The fourth-order valence-electron chi connectivity index (χ4n) is 1.64. The molecule has 0 aliphatic rings. The zero-order valence-corrected chi connectivity index (χ0v) is 13.6. The molecule has 1 aromatic rings. The van der Waals surface area contributed by atoms with E-state index in [1.807, 2.05) is 13.8 Å². The largest absolute Gasteiger partial charge is 0.336 e. The number of benzene rings is 1. The molecule has 1 rings (SSSR count). The van der Waals surface area contributed by atoms with Crippen molar-refractivity contribution in [2.24, 2.45) is 0 Å². The average Bonchev–Trinajstić information content (AvgIpc) is 2.28. The number of rotatable bonds is 5. The number of carbonyl (C=O) groups is 1. The summed E-state index contributed by atoms with van der Waals surface area (Å²) < 4.78 is 13.5. The lowest BCUT2D eigenvalue weighted by atomic mass is 10.1. The van der Waals surface area contributed by atoms with Gasteiger partial charge in [-0.1, -0.05) is 15.9 Å². The summed E-state index contributed by atoms with van der Waals surface area (Å²) in [6, 6.07) is 4.26. The van der Waals surface area contributed by atoms with Crippen LogP contribution in [-0.4, -0.2) is 28.7 Å². The van der Waals surface area contributed by atoms with Gasteiger partial charge in [0.15, 0.2) is 0 Å². The minimum Gasteiger partial charge on any atom is -0.336 e. The third-order valence-electron chi connectivity index (χ3n) is 2.58. The van der Waals surface area contributed by atoms with Crippen molar-refractivity contribution in [3.8, 4) is 0 Å². The van der Waals surface area contributed by atoms with Crippen LogP contribution in [0.25, 0.3) is 0 Å². The van der Waals surface area contributed by atoms with Crippen molar-refractivity contribution in [3.05, 3.63) is 34.1 Å². The van der Waals surface area contributed by atoms with Gasteiger partial charge in [0.2, 0.25) is 0 Å². The van der Waals surface area contributed by atoms with Crippen molar-refractivity contribution in [2.75, 3.05) is 11.9 Å². The normalized spacial score (nSPS) is 10.8. The second-order valence-corrected chi connectivity index (χ2v) is 5.91. The van der Waals surface area contributed by atoms with Crippen LogP contribution in [0, 0.1) is 5.82 Å². The van der Waals surface area contributed by atoms with E-state index in [1.54, 1.807) is 4.90 Å². The quantitative estimate of drug-likeness (QED) is 0.700. The number of halogens is 3. The SMILES string of the molecule is CC(C)N(CCCBr)C(=O)c1ccc(F)cc1Br. The molecule has 0 N–H and O–H groups in total. The van der Waals surface area contributed by atoms with Crippen LogP contribution >= 0.6 is 31.9 Å². The van der Waals surface area contributed by atoms with Gasteiger partial charge >= 0.3 is 0 Å². The Bertz CT molecular complexity index is 423. The molecule has 1 aromatic carbocycles. The van der Waals surface area contributed by atoms with Gasteiger partial charge in [-0.05, 0) is 54.4 Å². The Hall–Kier alpha value is -0.420. The Morgan fingerprint density at radius 3 is 2.61 bits per heavy atom. The van der Waals surface area contributed by atoms with Crippen molar-refractivity contribution in [2.45, 2.75) is 26.3 Å². The van der Waals surface area contributed by atoms with Gasteiger partial charge in [-0.25, -0.2) is 4.39 Å². The number of carbonyl (C=O) groups excluding carboxylic acids is 1. The first-order chi connectivity index (χ1) is 8.47. The third kappa shape index (κ3) is 4.05. The number of nitrogens with zero attached hydrogens (tertiary/aromatic N) is 1. The van der Waals surface area contributed by atoms with Gasteiger partial charge in [-0.15, -0.1) is 0 Å². The summed E-state index contributed by atoms with van der Waals surface area (Å²) in [5.74, 6) is -0.423. The number of hydrogen-bond acceptors (Lipinski definition) is 1. The molecule has 0 heterocycles. The van der Waals surface area contributed by atoms with E-state index in [2.05, 4.69) is 31.9 Å². The van der Waals surface area contributed by atoms with Crippen LogP contribution in [-0.2, 0) is 0 Å². The van der Waals surface area contributed by atoms with Crippen molar-refractivity contribution in [1.82, 2.24) is 4.90 Å². The van der Waals surface area contributed by atoms with E-state index < -0.39 is 0 Å². The first-order valence-electron chi connectivity index (χ1n) is 5.79. The van der Waals surface area contributed by atoms with Crippen LogP contribution in [0.4, 0.5) is 4.39 Å². The van der Waals surface area contributed by atoms with Crippen molar-refractivity contribution in [1.29, 1.82) is 0 Å². The molecule has 100 valence electrons. The monoisotopic (exact) mass is 379 g/mol. The summed E-state index contributed by atoms with van der Waals surface area (Å²) >= 11 is 6.60. The molecule has 0 aliphatic carbocycles. The number of hydrogen-bond donors (Lipinski definition) is 0. The molecule has 0 atom stereocenters. The zero-order valence-electron chi connectivity index (χ0n) is 10.4. The molecule has 1 amide bonds. The lowest BCUT2D eigenvalue weighted by Gasteiger charge is -2.27. The second kappa shape index (κ2) is 7.24. The number of amides is 1. The lowest BCUT2D eigenvalue weighted by molar-refractivity contribution is 0.0705. The topological polar surface area (TPSA) is 20.3 Å². The van der Waals surface area contributed by atoms with Crippen LogP contribution in [0.2, 0.25) is 0 Å². The van der Waals surface area contributed by atoms with Crippen LogP contribution in [0.5, 0.6) is 0 Å². The standard InChI is InChI=1S/C13H16Br2FNO/c1-9(2)17(7-3-6-14)13(18)11-5-4-10(16)8-12(11)15/h4-5,8-9H,3,6-7H2,1-2H3. The molecule has 0 unspecified atom stereocenters. The number of alkyl halides is 1. The maximum atomic E-state index is 13.0. The predicted molar refractivity (Wildman–Crippen MR) is 78.7 cm³/mol. The van der Waals surface area contributed by atoms with E-state index in [9.17, 15) is 9.18 Å². The van der Waals surface area contributed by atoms with Crippen LogP contribution in [0.1, 0.15) is 30.6 Å². The van der Waals surface area contributed by atoms with Gasteiger partial charge in [0.05, 0.1) is 5.56 Å². The maximum Gasteiger partial charge on any atom is 0.255 e. The molecule has 0 saturated carbocycles. The smallest absolute Gasteiger partial charge is 0.255 e. The van der Waals surface area contributed by atoms with E-state index in [0.717, 1.165) is 11.8 Å². The molecule has 0 spiro atoms. The Labute approximate surface area is 124 Å². The van der Waals surface area contributed by atoms with Gasteiger partial charge in [0, 0.05) is 22.4 Å². The van der Waals surface area contributed by atoms with Crippen molar-refractivity contribution in [3.63, 3.8) is 0 Å². The fraction of sp³-hybridized carbons (Fsp3) is 0.462. The molecular formula is C13H16Br2FNO. The highest BCUT2D eigenvalue weighted by molar-refractivity contribution is 9.10. The molecule has 18 heavy (non-hydrogen) atoms. The molecule has 0 aromatic heterocycles. The highest BCUT2D eigenvalue weighted by Crippen LogP contribution is 2.21. The third-order valence-corrected chi connectivity index (χ3v) is 3.80. The fourth-order valence-corrected chi connectivity index (χ4v) is 2.41. The van der Waals surface area contributed by atoms with Gasteiger partial charge in [-0.3, -0.25) is 4.79 Å². The highest BCUT2D eigenvalue weighted by atomic mass is 79.9. The van der Waals surface area contributed by atoms with Crippen LogP contribution in [0.3, 0.4) is 0 Å². The molecule has 0 bridgehead atoms. The van der Waals surface area contributed by atoms with Crippen LogP contribution in [0.15, 0.2) is 22.7 Å². The summed E-state index contributed by atoms with van der Waals surface area (Å²) in [4.78, 5) is 14.2. The first-order valence-corrected chi connectivity index (χ1v) is 7.70. The van der Waals surface area contributed by atoms with Gasteiger partial charge in [-0.2, -0.15) is 0 Å². The second-order valence-electron chi connectivity index (χ2n) is 4.26. The Morgan fingerprint density at radius 2 is 2.11 bits per heavy atom. The zero-order chi connectivity index (χ0) is 13.7. The summed E-state index contributed by atoms with van der Waals surface area (Å²) in [5.41, 5.74) is 0.500. The van der Waals surface area contributed by atoms with Gasteiger partial charge < -0.3 is 4.90 Å². The predicted octanol–water partition coefficient (Wildman–Crippen LogP) is 4.22. The van der Waals surface area contributed by atoms with E-state index in [0.29, 0.717) is 16.6 Å². The molecule has 0 saturated heterocycles. The van der Waals surface area contributed by atoms with E-state index in [1.165, 1.54) is 18.2 Å². The highest BCUT2D eigenvalue weighted by Gasteiger charge is 2.20. The summed E-state index contributed by atoms with van der Waals surface area (Å²) in [6.07, 6.45) is 0.892. The molecule has 0 aliphatic heterocycles. The van der Waals surface area contributed by atoms with Crippen LogP contribution < -0.4 is 0 Å². The molecule has 2 nitrogen and oxygen atoms in total. The van der Waals surface area contributed by atoms with Crippen molar-refractivity contribution >= 4 is 37.8 Å². The van der Waals surface area contributed by atoms with E-state index >= 15 is 0 Å². The van der Waals surface area contributed by atoms with Gasteiger partial charge in [0.1, 0.15) is 5.82 Å². The average molecular weight is 381 g/mol. The minimum absolute atomic E-state index is 0.0715. The molecular weight excluding hydrogens is 365 g/mol. The van der Waals surface area contributed by atoms with Gasteiger partial charge in [0.25, 0.3) is 5.91 Å². The summed E-state index contributed by atoms with van der Waals surface area (Å²) in [5, 5.41) is 0.855. The molecule has 0 radical (unpaired) electrons. The van der Waals surface area contributed by atoms with E-state index in [-0.39, 0.29) is 17.8 Å². The Kier molecular flexibility index (Phi) is 6.29. The minimum atomic E-state index is -0.352. The first kappa shape index (κ1) is 15.6. The molecule has 0 fully saturated rings.